The van der Waals surface area contributed by atoms with Gasteiger partial charge in [0.15, 0.2) is 6.61 Å². The largest absolute Gasteiger partial charge is 0.441 e. The van der Waals surface area contributed by atoms with E-state index >= 15 is 0 Å². The van der Waals surface area contributed by atoms with Gasteiger partial charge in [-0.25, -0.2) is 14.9 Å². The molecule has 4 rings (SSSR count). The van der Waals surface area contributed by atoms with Crippen LogP contribution >= 0.6 is 42.5 Å². The summed E-state index contributed by atoms with van der Waals surface area (Å²) in [5.41, 5.74) is 1.84. The first-order chi connectivity index (χ1) is 20.5. The molecule has 0 saturated carbocycles. The number of carbonyl (C=O) groups is 1. The average Bonchev–Trinajstić information content (AvgIpc) is 3.27. The third-order valence-electron chi connectivity index (χ3n) is 5.93. The van der Waals surface area contributed by atoms with Crippen LogP contribution < -0.4 is 14.9 Å². The van der Waals surface area contributed by atoms with Crippen molar-refractivity contribution in [1.82, 2.24) is 24.9 Å². The first-order valence-corrected chi connectivity index (χ1v) is 17.0. The number of ether oxygens (including phenoxy) is 1. The first kappa shape index (κ1) is 32.9. The van der Waals surface area contributed by atoms with Crippen molar-refractivity contribution < 1.29 is 18.6 Å². The van der Waals surface area contributed by atoms with Gasteiger partial charge in [-0.2, -0.15) is 0 Å². The second-order valence-corrected chi connectivity index (χ2v) is 14.3. The van der Waals surface area contributed by atoms with Crippen molar-refractivity contribution in [2.45, 2.75) is 62.7 Å². The molecule has 2 N–H and O–H groups in total. The Morgan fingerprint density at radius 3 is 2.33 bits per heavy atom. The van der Waals surface area contributed by atoms with Crippen LogP contribution in [0, 0.1) is 0 Å². The van der Waals surface area contributed by atoms with Gasteiger partial charge >= 0.3 is 13.6 Å². The van der Waals surface area contributed by atoms with Gasteiger partial charge in [-0.3, -0.25) is 9.55 Å². The van der Waals surface area contributed by atoms with Crippen LogP contribution in [-0.4, -0.2) is 33.0 Å². The van der Waals surface area contributed by atoms with Crippen LogP contribution in [0.4, 0.5) is 4.79 Å². The highest BCUT2D eigenvalue weighted by Gasteiger charge is 2.27. The molecule has 13 heteroatoms. The maximum Gasteiger partial charge on any atom is 0.408 e. The Labute approximate surface area is 266 Å². The van der Waals surface area contributed by atoms with Crippen molar-refractivity contribution in [3.63, 3.8) is 0 Å². The predicted octanol–water partition coefficient (Wildman–Crippen LogP) is 8.36. The van der Waals surface area contributed by atoms with E-state index in [9.17, 15) is 9.36 Å². The van der Waals surface area contributed by atoms with E-state index in [1.54, 1.807) is 42.7 Å². The number of alkyl carbamates (subject to hydrolysis) is 1. The summed E-state index contributed by atoms with van der Waals surface area (Å²) < 4.78 is 26.9. The average molecular weight is 663 g/mol. The van der Waals surface area contributed by atoms with Gasteiger partial charge in [0.2, 0.25) is 0 Å². The first-order valence-electron chi connectivity index (χ1n) is 13.7. The molecule has 0 spiro atoms. The zero-order valence-electron chi connectivity index (χ0n) is 24.3. The van der Waals surface area contributed by atoms with E-state index in [0.717, 1.165) is 21.2 Å². The molecule has 2 aromatic heterocycles. The summed E-state index contributed by atoms with van der Waals surface area (Å²) >= 11 is 14.1. The molecule has 0 radical (unpaired) electrons. The number of rotatable bonds is 13. The van der Waals surface area contributed by atoms with Crippen molar-refractivity contribution >= 4 is 48.6 Å². The zero-order chi connectivity index (χ0) is 31.0. The number of para-hydroxylation sites is 1. The smallest absolute Gasteiger partial charge is 0.408 e. The lowest BCUT2D eigenvalue weighted by Gasteiger charge is -2.22. The van der Waals surface area contributed by atoms with E-state index in [4.69, 9.17) is 37.4 Å². The molecule has 43 heavy (non-hydrogen) atoms. The quantitative estimate of drug-likeness (QED) is 0.138. The lowest BCUT2D eigenvalue weighted by Crippen LogP contribution is -2.32. The highest BCUT2D eigenvalue weighted by atomic mass is 35.5. The molecule has 0 bridgehead atoms. The fourth-order valence-electron chi connectivity index (χ4n) is 4.13. The molecule has 1 unspecified atom stereocenters. The Hall–Kier alpha value is -3.01. The maximum absolute atomic E-state index is 13.5. The number of halogens is 2. The number of nitrogens with one attached hydrogen (secondary N) is 2. The lowest BCUT2D eigenvalue weighted by molar-refractivity contribution is 0.136. The maximum atomic E-state index is 13.5. The second kappa shape index (κ2) is 15.1. The van der Waals surface area contributed by atoms with Crippen molar-refractivity contribution in [2.24, 2.45) is 0 Å². The van der Waals surface area contributed by atoms with E-state index in [0.29, 0.717) is 28.2 Å². The monoisotopic (exact) mass is 661 g/mol. The Balaban J connectivity index is 1.55. The highest BCUT2D eigenvalue weighted by Crippen LogP contribution is 2.42. The molecule has 0 aliphatic heterocycles. The fourth-order valence-corrected chi connectivity index (χ4v) is 7.84. The van der Waals surface area contributed by atoms with E-state index in [-0.39, 0.29) is 24.9 Å². The summed E-state index contributed by atoms with van der Waals surface area (Å²) in [5, 5.41) is 7.48. The minimum absolute atomic E-state index is 0.0755. The number of pyridine rings is 1. The summed E-state index contributed by atoms with van der Waals surface area (Å²) in [7, 11) is -3.48. The third-order valence-corrected chi connectivity index (χ3v) is 9.45. The van der Waals surface area contributed by atoms with Crippen LogP contribution in [0.1, 0.15) is 50.7 Å². The van der Waals surface area contributed by atoms with Crippen molar-refractivity contribution in [3.05, 3.63) is 100 Å². The Morgan fingerprint density at radius 2 is 1.70 bits per heavy atom. The van der Waals surface area contributed by atoms with Gasteiger partial charge in [-0.1, -0.05) is 67.0 Å². The minimum Gasteiger partial charge on any atom is -0.441 e. The topological polar surface area (TPSA) is 107 Å². The molecule has 0 aliphatic rings. The zero-order valence-corrected chi connectivity index (χ0v) is 27.5. The van der Waals surface area contributed by atoms with Gasteiger partial charge in [0, 0.05) is 33.4 Å². The molecule has 4 aromatic rings. The molecule has 0 aliphatic carbocycles. The van der Waals surface area contributed by atoms with Crippen molar-refractivity contribution in [3.8, 4) is 5.75 Å². The van der Waals surface area contributed by atoms with E-state index < -0.39 is 13.6 Å². The molecular formula is C30H34Cl2N5O4PS. The van der Waals surface area contributed by atoms with Crippen LogP contribution in [0.2, 0.25) is 10.0 Å². The number of imidazole rings is 1. The van der Waals surface area contributed by atoms with Gasteiger partial charge in [0.25, 0.3) is 0 Å². The molecule has 2 aromatic carbocycles. The number of aromatic nitrogens is 3. The fraction of sp³-hybridized carbons (Fsp3) is 0.300. The number of hydrogen-bond acceptors (Lipinski definition) is 7. The summed E-state index contributed by atoms with van der Waals surface area (Å²) in [6.07, 6.45) is 2.44. The predicted molar refractivity (Wildman–Crippen MR) is 171 cm³/mol. The van der Waals surface area contributed by atoms with Crippen LogP contribution in [-0.2, 0) is 22.5 Å². The number of benzene rings is 2. The van der Waals surface area contributed by atoms with Crippen molar-refractivity contribution in [1.29, 1.82) is 0 Å². The van der Waals surface area contributed by atoms with Crippen molar-refractivity contribution in [2.75, 3.05) is 6.29 Å². The summed E-state index contributed by atoms with van der Waals surface area (Å²) in [5.74, 6) is 1.06. The Kier molecular flexibility index (Phi) is 11.6. The van der Waals surface area contributed by atoms with Gasteiger partial charge in [-0.15, -0.1) is 0 Å². The summed E-state index contributed by atoms with van der Waals surface area (Å²) in [6.45, 7) is 8.16. The molecule has 228 valence electrons. The molecular weight excluding hydrogens is 628 g/mol. The lowest BCUT2D eigenvalue weighted by atomic mass is 10.1. The molecule has 2 heterocycles. The normalized spacial score (nSPS) is 12.7. The SMILES string of the molecule is CC(C)NP(=O)(CNC(=O)OCc1nc(C(C)C)c(Sc2cc(Cl)cc(Cl)c2)n1Cc1ccncc1)Oc1ccccc1. The number of nitrogens with zero attached hydrogens (tertiary/aromatic N) is 3. The Morgan fingerprint density at radius 1 is 1.02 bits per heavy atom. The van der Waals surface area contributed by atoms with Gasteiger partial charge in [0.1, 0.15) is 22.9 Å². The van der Waals surface area contributed by atoms with Crippen LogP contribution in [0.5, 0.6) is 5.75 Å². The molecule has 1 atom stereocenters. The van der Waals surface area contributed by atoms with Gasteiger partial charge in [0.05, 0.1) is 12.2 Å². The molecule has 9 nitrogen and oxygen atoms in total. The second-order valence-electron chi connectivity index (χ2n) is 10.3. The minimum atomic E-state index is -3.48. The van der Waals surface area contributed by atoms with E-state index in [1.807, 2.05) is 48.7 Å². The van der Waals surface area contributed by atoms with Gasteiger partial charge < -0.3 is 19.1 Å². The summed E-state index contributed by atoms with van der Waals surface area (Å²) in [6, 6.07) is 17.9. The number of amides is 1. The molecule has 0 fully saturated rings. The number of hydrogen-bond donors (Lipinski definition) is 2. The van der Waals surface area contributed by atoms with E-state index in [1.165, 1.54) is 11.8 Å². The third kappa shape index (κ3) is 9.74. The van der Waals surface area contributed by atoms with Gasteiger partial charge in [-0.05, 0) is 67.8 Å². The summed E-state index contributed by atoms with van der Waals surface area (Å²) in [4.78, 5) is 22.7. The number of carbonyl (C=O) groups excluding carboxylic acids is 1. The molecule has 1 amide bonds. The highest BCUT2D eigenvalue weighted by molar-refractivity contribution is 7.99. The van der Waals surface area contributed by atoms with E-state index in [2.05, 4.69) is 29.2 Å². The van der Waals surface area contributed by atoms with Crippen LogP contribution in [0.25, 0.3) is 0 Å². The standard InChI is InChI=1S/C30H34Cl2N5O4PS/c1-20(2)28-29(43-26-15-23(31)14-24(32)16-26)37(17-22-10-12-33-13-11-22)27(35-28)18-40-30(38)34-19-42(39,36-21(3)4)41-25-8-6-5-7-9-25/h5-16,20-21H,17-19H2,1-4H3,(H,34,38)(H,36,39). The molecule has 0 saturated heterocycles. The van der Waals surface area contributed by atoms with Crippen LogP contribution in [0.3, 0.4) is 0 Å². The van der Waals surface area contributed by atoms with Crippen LogP contribution in [0.15, 0.2) is 83.0 Å². The Bertz CT molecular complexity index is 1550.